The molecule has 4 nitrogen and oxygen atoms in total. The zero-order chi connectivity index (χ0) is 16.9. The standard InChI is InChI=1S/C19H19BrN4/c1-13-12-16(20)8-9-17(13)23-18-10-11-21-19(24-18)22-14(2)15-6-4-3-5-7-15/h3-12,14H,1-2H3,(H2,21,22,23,24). The molecule has 0 aliphatic rings. The van der Waals surface area contributed by atoms with Crippen LogP contribution in [0.5, 0.6) is 0 Å². The van der Waals surface area contributed by atoms with Crippen molar-refractivity contribution in [3.05, 3.63) is 76.4 Å². The van der Waals surface area contributed by atoms with E-state index in [1.165, 1.54) is 5.56 Å². The summed E-state index contributed by atoms with van der Waals surface area (Å²) in [5, 5.41) is 6.68. The number of nitrogens with zero attached hydrogens (tertiary/aromatic N) is 2. The second-order valence-corrected chi connectivity index (χ2v) is 6.54. The molecular weight excluding hydrogens is 364 g/mol. The summed E-state index contributed by atoms with van der Waals surface area (Å²) in [6, 6.07) is 18.4. The van der Waals surface area contributed by atoms with E-state index >= 15 is 0 Å². The largest absolute Gasteiger partial charge is 0.348 e. The van der Waals surface area contributed by atoms with E-state index in [4.69, 9.17) is 0 Å². The van der Waals surface area contributed by atoms with Crippen molar-refractivity contribution in [1.82, 2.24) is 9.97 Å². The molecule has 0 radical (unpaired) electrons. The van der Waals surface area contributed by atoms with E-state index in [9.17, 15) is 0 Å². The van der Waals surface area contributed by atoms with Gasteiger partial charge in [-0.15, -0.1) is 0 Å². The molecule has 0 aliphatic carbocycles. The van der Waals surface area contributed by atoms with E-state index in [0.29, 0.717) is 5.95 Å². The van der Waals surface area contributed by atoms with E-state index in [1.54, 1.807) is 6.20 Å². The fourth-order valence-corrected chi connectivity index (χ4v) is 2.90. The van der Waals surface area contributed by atoms with Crippen molar-refractivity contribution in [3.63, 3.8) is 0 Å². The molecule has 5 heteroatoms. The lowest BCUT2D eigenvalue weighted by atomic mass is 10.1. The first-order valence-electron chi connectivity index (χ1n) is 7.79. The molecule has 0 bridgehead atoms. The summed E-state index contributed by atoms with van der Waals surface area (Å²) in [5.74, 6) is 1.37. The van der Waals surface area contributed by atoms with Crippen molar-refractivity contribution in [3.8, 4) is 0 Å². The third-order valence-electron chi connectivity index (χ3n) is 3.75. The molecular formula is C19H19BrN4. The predicted octanol–water partition coefficient (Wildman–Crippen LogP) is 5.46. The van der Waals surface area contributed by atoms with Crippen LogP contribution in [0.1, 0.15) is 24.1 Å². The second kappa shape index (κ2) is 7.45. The number of aryl methyl sites for hydroxylation is 1. The van der Waals surface area contributed by atoms with Gasteiger partial charge in [0.05, 0.1) is 6.04 Å². The number of rotatable bonds is 5. The van der Waals surface area contributed by atoms with Gasteiger partial charge in [0.2, 0.25) is 5.95 Å². The highest BCUT2D eigenvalue weighted by Crippen LogP contribution is 2.23. The van der Waals surface area contributed by atoms with Crippen LogP contribution in [0.4, 0.5) is 17.5 Å². The quantitative estimate of drug-likeness (QED) is 0.614. The molecule has 0 saturated carbocycles. The van der Waals surface area contributed by atoms with Crippen LogP contribution in [0.3, 0.4) is 0 Å². The minimum Gasteiger partial charge on any atom is -0.348 e. The summed E-state index contributed by atoms with van der Waals surface area (Å²) in [7, 11) is 0. The first-order chi connectivity index (χ1) is 11.6. The van der Waals surface area contributed by atoms with Gasteiger partial charge in [-0.2, -0.15) is 4.98 Å². The zero-order valence-corrected chi connectivity index (χ0v) is 15.2. The average Bonchev–Trinajstić information content (AvgIpc) is 2.58. The lowest BCUT2D eigenvalue weighted by Gasteiger charge is -2.15. The number of benzene rings is 2. The maximum atomic E-state index is 4.55. The van der Waals surface area contributed by atoms with Gasteiger partial charge in [-0.1, -0.05) is 46.3 Å². The fraction of sp³-hybridized carbons (Fsp3) is 0.158. The molecule has 3 rings (SSSR count). The molecule has 0 spiro atoms. The Labute approximate surface area is 150 Å². The molecule has 122 valence electrons. The fourth-order valence-electron chi connectivity index (χ4n) is 2.42. The SMILES string of the molecule is Cc1cc(Br)ccc1Nc1ccnc(NC(C)c2ccccc2)n1. The Morgan fingerprint density at radius 1 is 1.04 bits per heavy atom. The Bertz CT molecular complexity index is 821. The molecule has 0 fully saturated rings. The second-order valence-electron chi connectivity index (χ2n) is 5.63. The van der Waals surface area contributed by atoms with E-state index in [2.05, 4.69) is 68.6 Å². The molecule has 1 unspecified atom stereocenters. The average molecular weight is 383 g/mol. The van der Waals surface area contributed by atoms with E-state index in [0.717, 1.165) is 21.5 Å². The van der Waals surface area contributed by atoms with E-state index < -0.39 is 0 Å². The predicted molar refractivity (Wildman–Crippen MR) is 103 cm³/mol. The third kappa shape index (κ3) is 4.11. The van der Waals surface area contributed by atoms with Gasteiger partial charge < -0.3 is 10.6 Å². The van der Waals surface area contributed by atoms with Gasteiger partial charge in [-0.05, 0) is 49.2 Å². The maximum Gasteiger partial charge on any atom is 0.225 e. The number of nitrogens with one attached hydrogen (secondary N) is 2. The smallest absolute Gasteiger partial charge is 0.225 e. The van der Waals surface area contributed by atoms with Crippen molar-refractivity contribution in [2.45, 2.75) is 19.9 Å². The molecule has 0 saturated heterocycles. The van der Waals surface area contributed by atoms with Crippen LogP contribution in [-0.2, 0) is 0 Å². The Morgan fingerprint density at radius 3 is 2.58 bits per heavy atom. The highest BCUT2D eigenvalue weighted by atomic mass is 79.9. The van der Waals surface area contributed by atoms with Crippen LogP contribution < -0.4 is 10.6 Å². The van der Waals surface area contributed by atoms with E-state index in [-0.39, 0.29) is 6.04 Å². The molecule has 0 aliphatic heterocycles. The van der Waals surface area contributed by atoms with Gasteiger partial charge >= 0.3 is 0 Å². The van der Waals surface area contributed by atoms with Crippen molar-refractivity contribution in [1.29, 1.82) is 0 Å². The van der Waals surface area contributed by atoms with Crippen LogP contribution in [0.25, 0.3) is 0 Å². The van der Waals surface area contributed by atoms with Crippen molar-refractivity contribution < 1.29 is 0 Å². The summed E-state index contributed by atoms with van der Waals surface area (Å²) in [4.78, 5) is 8.87. The van der Waals surface area contributed by atoms with Crippen molar-refractivity contribution in [2.24, 2.45) is 0 Å². The Kier molecular flexibility index (Phi) is 5.11. The molecule has 2 N–H and O–H groups in total. The molecule has 2 aromatic carbocycles. The molecule has 1 heterocycles. The van der Waals surface area contributed by atoms with Crippen LogP contribution in [-0.4, -0.2) is 9.97 Å². The number of aromatic nitrogens is 2. The summed E-state index contributed by atoms with van der Waals surface area (Å²) in [6.07, 6.45) is 1.75. The number of anilines is 3. The van der Waals surface area contributed by atoms with Crippen molar-refractivity contribution >= 4 is 33.4 Å². The highest BCUT2D eigenvalue weighted by Gasteiger charge is 2.07. The van der Waals surface area contributed by atoms with Gasteiger partial charge in [-0.25, -0.2) is 4.98 Å². The Hall–Kier alpha value is -2.40. The number of hydrogen-bond acceptors (Lipinski definition) is 4. The molecule has 3 aromatic rings. The monoisotopic (exact) mass is 382 g/mol. The summed E-state index contributed by atoms with van der Waals surface area (Å²) >= 11 is 3.48. The van der Waals surface area contributed by atoms with Gasteiger partial charge in [0.1, 0.15) is 5.82 Å². The Balaban J connectivity index is 1.74. The van der Waals surface area contributed by atoms with Crippen LogP contribution in [0.2, 0.25) is 0 Å². The minimum absolute atomic E-state index is 0.135. The molecule has 1 atom stereocenters. The topological polar surface area (TPSA) is 49.8 Å². The third-order valence-corrected chi connectivity index (χ3v) is 4.25. The normalized spacial score (nSPS) is 11.8. The first kappa shape index (κ1) is 16.5. The number of hydrogen-bond donors (Lipinski definition) is 2. The van der Waals surface area contributed by atoms with Crippen LogP contribution in [0.15, 0.2) is 65.3 Å². The summed E-state index contributed by atoms with van der Waals surface area (Å²) in [6.45, 7) is 4.16. The lowest BCUT2D eigenvalue weighted by molar-refractivity contribution is 0.861. The maximum absolute atomic E-state index is 4.55. The molecule has 24 heavy (non-hydrogen) atoms. The lowest BCUT2D eigenvalue weighted by Crippen LogP contribution is -2.10. The summed E-state index contributed by atoms with van der Waals surface area (Å²) < 4.78 is 1.06. The van der Waals surface area contributed by atoms with Crippen LogP contribution in [0, 0.1) is 6.92 Å². The number of halogens is 1. The van der Waals surface area contributed by atoms with E-state index in [1.807, 2.05) is 36.4 Å². The van der Waals surface area contributed by atoms with Gasteiger partial charge in [0, 0.05) is 16.4 Å². The summed E-state index contributed by atoms with van der Waals surface area (Å²) in [5.41, 5.74) is 3.37. The van der Waals surface area contributed by atoms with Crippen molar-refractivity contribution in [2.75, 3.05) is 10.6 Å². The minimum atomic E-state index is 0.135. The molecule has 0 amide bonds. The zero-order valence-electron chi connectivity index (χ0n) is 13.6. The molecule has 1 aromatic heterocycles. The van der Waals surface area contributed by atoms with Gasteiger partial charge in [0.15, 0.2) is 0 Å². The first-order valence-corrected chi connectivity index (χ1v) is 8.59. The van der Waals surface area contributed by atoms with Crippen LogP contribution >= 0.6 is 15.9 Å². The highest BCUT2D eigenvalue weighted by molar-refractivity contribution is 9.10. The van der Waals surface area contributed by atoms with Gasteiger partial charge in [0.25, 0.3) is 0 Å². The van der Waals surface area contributed by atoms with Gasteiger partial charge in [-0.3, -0.25) is 0 Å². The Morgan fingerprint density at radius 2 is 1.83 bits per heavy atom.